The molecule has 2 aromatic rings. The van der Waals surface area contributed by atoms with Crippen LogP contribution < -0.4 is 10.2 Å². The summed E-state index contributed by atoms with van der Waals surface area (Å²) >= 11 is 0. The summed E-state index contributed by atoms with van der Waals surface area (Å²) < 4.78 is 0. The van der Waals surface area contributed by atoms with Crippen LogP contribution in [0.4, 0.5) is 5.69 Å². The summed E-state index contributed by atoms with van der Waals surface area (Å²) in [5, 5.41) is 3.19. The molecule has 2 rings (SSSR count). The van der Waals surface area contributed by atoms with Gasteiger partial charge in [-0.1, -0.05) is 30.3 Å². The fourth-order valence-corrected chi connectivity index (χ4v) is 2.18. The Hall–Kier alpha value is -1.87. The maximum atomic E-state index is 4.20. The van der Waals surface area contributed by atoms with E-state index in [0.29, 0.717) is 0 Å². The Morgan fingerprint density at radius 1 is 1.16 bits per heavy atom. The normalized spacial score (nSPS) is 10.4. The first-order chi connectivity index (χ1) is 9.31. The average molecular weight is 255 g/mol. The molecule has 0 saturated heterocycles. The van der Waals surface area contributed by atoms with Gasteiger partial charge >= 0.3 is 0 Å². The standard InChI is InChI=1S/C16H21N3/c1-17-12-15-13-18-10-8-16(15)19(2)11-9-14-6-4-3-5-7-14/h3-8,10,13,17H,9,11-12H2,1-2H3. The summed E-state index contributed by atoms with van der Waals surface area (Å²) in [5.41, 5.74) is 3.86. The third-order valence-corrected chi connectivity index (χ3v) is 3.24. The number of hydrogen-bond donors (Lipinski definition) is 1. The number of benzene rings is 1. The second-order valence-electron chi connectivity index (χ2n) is 4.69. The van der Waals surface area contributed by atoms with E-state index in [9.17, 15) is 0 Å². The third-order valence-electron chi connectivity index (χ3n) is 3.24. The predicted molar refractivity (Wildman–Crippen MR) is 80.4 cm³/mol. The zero-order valence-corrected chi connectivity index (χ0v) is 11.6. The van der Waals surface area contributed by atoms with Gasteiger partial charge in [-0.2, -0.15) is 0 Å². The lowest BCUT2D eigenvalue weighted by atomic mass is 10.1. The molecule has 0 amide bonds. The molecule has 3 nitrogen and oxygen atoms in total. The number of nitrogens with one attached hydrogen (secondary N) is 1. The Bertz CT molecular complexity index is 496. The van der Waals surface area contributed by atoms with Crippen LogP contribution in [0.1, 0.15) is 11.1 Å². The van der Waals surface area contributed by atoms with E-state index in [2.05, 4.69) is 58.6 Å². The van der Waals surface area contributed by atoms with Gasteiger partial charge < -0.3 is 10.2 Å². The Labute approximate surface area is 115 Å². The topological polar surface area (TPSA) is 28.2 Å². The molecule has 0 unspecified atom stereocenters. The molecule has 0 spiro atoms. The smallest absolute Gasteiger partial charge is 0.0440 e. The van der Waals surface area contributed by atoms with Gasteiger partial charge in [-0.25, -0.2) is 0 Å². The molecular weight excluding hydrogens is 234 g/mol. The summed E-state index contributed by atoms with van der Waals surface area (Å²) in [7, 11) is 4.10. The van der Waals surface area contributed by atoms with E-state index in [1.54, 1.807) is 0 Å². The van der Waals surface area contributed by atoms with Crippen LogP contribution in [-0.4, -0.2) is 25.6 Å². The largest absolute Gasteiger partial charge is 0.374 e. The molecule has 0 atom stereocenters. The van der Waals surface area contributed by atoms with Crippen LogP contribution in [0.25, 0.3) is 0 Å². The molecule has 0 aliphatic carbocycles. The zero-order valence-electron chi connectivity index (χ0n) is 11.6. The number of anilines is 1. The van der Waals surface area contributed by atoms with Crippen molar-refractivity contribution in [1.29, 1.82) is 0 Å². The maximum absolute atomic E-state index is 4.20. The highest BCUT2D eigenvalue weighted by atomic mass is 15.1. The number of pyridine rings is 1. The van der Waals surface area contributed by atoms with Gasteiger partial charge in [0.1, 0.15) is 0 Å². The lowest BCUT2D eigenvalue weighted by molar-refractivity contribution is 0.797. The van der Waals surface area contributed by atoms with Crippen molar-refractivity contribution in [3.05, 3.63) is 59.9 Å². The van der Waals surface area contributed by atoms with E-state index in [0.717, 1.165) is 19.5 Å². The first-order valence-corrected chi connectivity index (χ1v) is 6.64. The molecule has 19 heavy (non-hydrogen) atoms. The minimum absolute atomic E-state index is 0.846. The van der Waals surface area contributed by atoms with Crippen molar-refractivity contribution < 1.29 is 0 Å². The molecule has 3 heteroatoms. The molecular formula is C16H21N3. The highest BCUT2D eigenvalue weighted by Crippen LogP contribution is 2.18. The molecule has 0 aliphatic rings. The fourth-order valence-electron chi connectivity index (χ4n) is 2.18. The van der Waals surface area contributed by atoms with E-state index in [1.807, 2.05) is 19.4 Å². The quantitative estimate of drug-likeness (QED) is 0.859. The van der Waals surface area contributed by atoms with Crippen LogP contribution in [0.15, 0.2) is 48.8 Å². The van der Waals surface area contributed by atoms with Gasteiger partial charge in [-0.15, -0.1) is 0 Å². The van der Waals surface area contributed by atoms with Crippen LogP contribution in [0.2, 0.25) is 0 Å². The van der Waals surface area contributed by atoms with Crippen molar-refractivity contribution >= 4 is 5.69 Å². The van der Waals surface area contributed by atoms with E-state index in [4.69, 9.17) is 0 Å². The van der Waals surface area contributed by atoms with Gasteiger partial charge in [-0.05, 0) is 25.1 Å². The van der Waals surface area contributed by atoms with Gasteiger partial charge in [0.2, 0.25) is 0 Å². The molecule has 1 heterocycles. The molecule has 0 radical (unpaired) electrons. The number of hydrogen-bond acceptors (Lipinski definition) is 3. The van der Waals surface area contributed by atoms with Gasteiger partial charge in [0.05, 0.1) is 0 Å². The molecule has 1 aromatic heterocycles. The summed E-state index contributed by atoms with van der Waals surface area (Å²) in [6.45, 7) is 1.85. The Morgan fingerprint density at radius 3 is 2.68 bits per heavy atom. The summed E-state index contributed by atoms with van der Waals surface area (Å²) in [6.07, 6.45) is 4.84. The highest BCUT2D eigenvalue weighted by Gasteiger charge is 2.06. The van der Waals surface area contributed by atoms with Gasteiger partial charge in [-0.3, -0.25) is 4.98 Å². The molecule has 0 fully saturated rings. The van der Waals surface area contributed by atoms with Crippen molar-refractivity contribution in [2.45, 2.75) is 13.0 Å². The maximum Gasteiger partial charge on any atom is 0.0440 e. The van der Waals surface area contributed by atoms with Crippen LogP contribution in [0.5, 0.6) is 0 Å². The fraction of sp³-hybridized carbons (Fsp3) is 0.312. The number of nitrogens with zero attached hydrogens (tertiary/aromatic N) is 2. The summed E-state index contributed by atoms with van der Waals surface area (Å²) in [4.78, 5) is 6.49. The average Bonchev–Trinajstić information content (AvgIpc) is 2.47. The van der Waals surface area contributed by atoms with Crippen molar-refractivity contribution in [3.63, 3.8) is 0 Å². The Morgan fingerprint density at radius 2 is 1.95 bits per heavy atom. The number of aromatic nitrogens is 1. The number of rotatable bonds is 6. The molecule has 0 bridgehead atoms. The minimum Gasteiger partial charge on any atom is -0.374 e. The molecule has 0 aliphatic heterocycles. The van der Waals surface area contributed by atoms with Crippen LogP contribution >= 0.6 is 0 Å². The zero-order chi connectivity index (χ0) is 13.5. The second kappa shape index (κ2) is 6.90. The van der Waals surface area contributed by atoms with E-state index < -0.39 is 0 Å². The monoisotopic (exact) mass is 255 g/mol. The van der Waals surface area contributed by atoms with Crippen LogP contribution in [0.3, 0.4) is 0 Å². The summed E-state index contributed by atoms with van der Waals surface area (Å²) in [5.74, 6) is 0. The van der Waals surface area contributed by atoms with E-state index >= 15 is 0 Å². The van der Waals surface area contributed by atoms with E-state index in [1.165, 1.54) is 16.8 Å². The van der Waals surface area contributed by atoms with Crippen molar-refractivity contribution in [2.24, 2.45) is 0 Å². The lowest BCUT2D eigenvalue weighted by Crippen LogP contribution is -2.22. The minimum atomic E-state index is 0.846. The number of likely N-dealkylation sites (N-methyl/N-ethyl adjacent to an activating group) is 1. The first kappa shape index (κ1) is 13.6. The Kier molecular flexibility index (Phi) is 4.93. The molecule has 1 N–H and O–H groups in total. The second-order valence-corrected chi connectivity index (χ2v) is 4.69. The molecule has 0 saturated carbocycles. The van der Waals surface area contributed by atoms with Gasteiger partial charge in [0.15, 0.2) is 0 Å². The Balaban J connectivity index is 2.01. The van der Waals surface area contributed by atoms with Crippen molar-refractivity contribution in [1.82, 2.24) is 10.3 Å². The first-order valence-electron chi connectivity index (χ1n) is 6.64. The van der Waals surface area contributed by atoms with Crippen LogP contribution in [0, 0.1) is 0 Å². The van der Waals surface area contributed by atoms with Gasteiger partial charge in [0.25, 0.3) is 0 Å². The molecule has 1 aromatic carbocycles. The lowest BCUT2D eigenvalue weighted by Gasteiger charge is -2.22. The summed E-state index contributed by atoms with van der Waals surface area (Å²) in [6, 6.07) is 12.7. The van der Waals surface area contributed by atoms with Crippen LogP contribution in [-0.2, 0) is 13.0 Å². The van der Waals surface area contributed by atoms with Gasteiger partial charge in [0, 0.05) is 43.8 Å². The highest BCUT2D eigenvalue weighted by molar-refractivity contribution is 5.51. The van der Waals surface area contributed by atoms with Crippen molar-refractivity contribution in [3.8, 4) is 0 Å². The predicted octanol–water partition coefficient (Wildman–Crippen LogP) is 2.48. The SMILES string of the molecule is CNCc1cnccc1N(C)CCc1ccccc1. The van der Waals surface area contributed by atoms with E-state index in [-0.39, 0.29) is 0 Å². The van der Waals surface area contributed by atoms with Crippen molar-refractivity contribution in [2.75, 3.05) is 25.5 Å². The third kappa shape index (κ3) is 3.80. The molecule has 100 valence electrons.